The van der Waals surface area contributed by atoms with Gasteiger partial charge in [-0.1, -0.05) is 38.1 Å². The van der Waals surface area contributed by atoms with Crippen LogP contribution in [0.15, 0.2) is 53.5 Å². The summed E-state index contributed by atoms with van der Waals surface area (Å²) in [5.74, 6) is 0.801. The number of hydrogen-bond donors (Lipinski definition) is 0. The summed E-state index contributed by atoms with van der Waals surface area (Å²) in [4.78, 5) is 19.0. The van der Waals surface area contributed by atoms with Gasteiger partial charge in [-0.25, -0.2) is 4.39 Å². The van der Waals surface area contributed by atoms with Crippen LogP contribution in [0.4, 0.5) is 4.39 Å². The first-order valence-electron chi connectivity index (χ1n) is 8.14. The van der Waals surface area contributed by atoms with Crippen LogP contribution in [-0.2, 0) is 6.54 Å². The molecule has 0 spiro atoms. The number of rotatable bonds is 5. The summed E-state index contributed by atoms with van der Waals surface area (Å²) in [6.45, 7) is 4.35. The van der Waals surface area contributed by atoms with Gasteiger partial charge in [0.2, 0.25) is 0 Å². The number of amidine groups is 1. The van der Waals surface area contributed by atoms with Gasteiger partial charge in [-0.3, -0.25) is 14.7 Å². The topological polar surface area (TPSA) is 41.9 Å². The fraction of sp³-hybridized carbons (Fsp3) is 0.300. The zero-order chi connectivity index (χ0) is 18.4. The van der Waals surface area contributed by atoms with E-state index in [4.69, 9.17) is 4.74 Å². The van der Waals surface area contributed by atoms with Crippen LogP contribution >= 0.6 is 0 Å². The molecular weight excluding hydrogens is 319 g/mol. The summed E-state index contributed by atoms with van der Waals surface area (Å²) in [6.07, 6.45) is 0. The first-order valence-corrected chi connectivity index (χ1v) is 8.14. The highest BCUT2D eigenvalue weighted by molar-refractivity contribution is 6.08. The summed E-state index contributed by atoms with van der Waals surface area (Å²) in [5, 5.41) is 0. The maximum atomic E-state index is 13.0. The van der Waals surface area contributed by atoms with Crippen LogP contribution in [0.25, 0.3) is 0 Å². The number of carbonyl (C=O) groups excluding carboxylic acids is 1. The molecule has 0 unspecified atom stereocenters. The summed E-state index contributed by atoms with van der Waals surface area (Å²) in [5.41, 5.74) is 1.38. The van der Waals surface area contributed by atoms with E-state index in [9.17, 15) is 9.18 Å². The number of aliphatic imine (C=N–C) groups is 1. The highest BCUT2D eigenvalue weighted by Gasteiger charge is 2.21. The molecule has 2 aromatic carbocycles. The normalized spacial score (nSPS) is 11.5. The Hall–Kier alpha value is -2.69. The molecule has 0 bridgehead atoms. The number of methoxy groups -OCH3 is 1. The molecule has 0 N–H and O–H groups in total. The van der Waals surface area contributed by atoms with E-state index in [1.165, 1.54) is 19.2 Å². The van der Waals surface area contributed by atoms with Gasteiger partial charge in [0.15, 0.2) is 0 Å². The largest absolute Gasteiger partial charge is 0.496 e. The number of para-hydroxylation sites is 1. The second kappa shape index (κ2) is 8.42. The van der Waals surface area contributed by atoms with Gasteiger partial charge in [0.25, 0.3) is 5.91 Å². The average molecular weight is 342 g/mol. The van der Waals surface area contributed by atoms with Crippen LogP contribution in [0.2, 0.25) is 0 Å². The van der Waals surface area contributed by atoms with Gasteiger partial charge in [-0.15, -0.1) is 0 Å². The Balaban J connectivity index is 2.24. The van der Waals surface area contributed by atoms with Crippen LogP contribution in [0.3, 0.4) is 0 Å². The lowest BCUT2D eigenvalue weighted by atomic mass is 10.1. The predicted molar refractivity (Wildman–Crippen MR) is 97.5 cm³/mol. The Morgan fingerprint density at radius 1 is 1.16 bits per heavy atom. The van der Waals surface area contributed by atoms with Crippen molar-refractivity contribution in [2.24, 2.45) is 10.9 Å². The van der Waals surface area contributed by atoms with E-state index in [2.05, 4.69) is 4.99 Å². The van der Waals surface area contributed by atoms with Crippen molar-refractivity contribution in [1.29, 1.82) is 0 Å². The number of ether oxygens (including phenoxy) is 1. The molecule has 0 atom stereocenters. The number of carbonyl (C=O) groups is 1. The SMILES string of the molecule is COc1ccccc1C(=O)N(C)C(=NCc1ccc(F)cc1)C(C)C. The number of halogens is 1. The molecule has 0 saturated carbocycles. The lowest BCUT2D eigenvalue weighted by molar-refractivity contribution is 0.0862. The van der Waals surface area contributed by atoms with E-state index in [0.717, 1.165) is 5.56 Å². The number of hydrogen-bond acceptors (Lipinski definition) is 3. The minimum absolute atomic E-state index is 0.0594. The predicted octanol–water partition coefficient (Wildman–Crippen LogP) is 4.16. The molecule has 0 aliphatic rings. The molecular formula is C20H23FN2O2. The molecule has 0 aliphatic heterocycles. The van der Waals surface area contributed by atoms with Crippen molar-refractivity contribution in [1.82, 2.24) is 4.90 Å². The van der Waals surface area contributed by atoms with Gasteiger partial charge in [-0.05, 0) is 29.8 Å². The molecule has 4 nitrogen and oxygen atoms in total. The Bertz CT molecular complexity index is 755. The summed E-state index contributed by atoms with van der Waals surface area (Å²) in [6, 6.07) is 13.3. The third-order valence-corrected chi connectivity index (χ3v) is 3.84. The fourth-order valence-electron chi connectivity index (χ4n) is 2.54. The van der Waals surface area contributed by atoms with Crippen molar-refractivity contribution in [2.75, 3.05) is 14.2 Å². The molecule has 1 amide bonds. The van der Waals surface area contributed by atoms with Gasteiger partial charge in [0.05, 0.1) is 19.2 Å². The number of benzene rings is 2. The average Bonchev–Trinajstić information content (AvgIpc) is 2.62. The van der Waals surface area contributed by atoms with E-state index >= 15 is 0 Å². The Labute approximate surface area is 148 Å². The smallest absolute Gasteiger partial charge is 0.262 e. The van der Waals surface area contributed by atoms with E-state index in [-0.39, 0.29) is 17.6 Å². The quantitative estimate of drug-likeness (QED) is 0.605. The minimum atomic E-state index is -0.278. The van der Waals surface area contributed by atoms with Crippen molar-refractivity contribution < 1.29 is 13.9 Å². The minimum Gasteiger partial charge on any atom is -0.496 e. The second-order valence-electron chi connectivity index (χ2n) is 6.02. The zero-order valence-corrected chi connectivity index (χ0v) is 15.0. The fourth-order valence-corrected chi connectivity index (χ4v) is 2.54. The lowest BCUT2D eigenvalue weighted by Gasteiger charge is -2.23. The Morgan fingerprint density at radius 2 is 1.80 bits per heavy atom. The third-order valence-electron chi connectivity index (χ3n) is 3.84. The monoisotopic (exact) mass is 342 g/mol. The second-order valence-corrected chi connectivity index (χ2v) is 6.02. The van der Waals surface area contributed by atoms with Gasteiger partial charge in [-0.2, -0.15) is 0 Å². The van der Waals surface area contributed by atoms with E-state index < -0.39 is 0 Å². The van der Waals surface area contributed by atoms with Crippen molar-refractivity contribution in [3.8, 4) is 5.75 Å². The molecule has 0 fully saturated rings. The molecule has 2 rings (SSSR count). The highest BCUT2D eigenvalue weighted by Crippen LogP contribution is 2.20. The summed E-state index contributed by atoms with van der Waals surface area (Å²) >= 11 is 0. The van der Waals surface area contributed by atoms with E-state index in [1.807, 2.05) is 19.9 Å². The summed E-state index contributed by atoms with van der Waals surface area (Å²) in [7, 11) is 3.25. The zero-order valence-electron chi connectivity index (χ0n) is 15.0. The van der Waals surface area contributed by atoms with Gasteiger partial charge in [0.1, 0.15) is 17.4 Å². The Morgan fingerprint density at radius 3 is 2.40 bits per heavy atom. The first kappa shape index (κ1) is 18.6. The van der Waals surface area contributed by atoms with Crippen molar-refractivity contribution in [2.45, 2.75) is 20.4 Å². The Kier molecular flexibility index (Phi) is 6.28. The first-order chi connectivity index (χ1) is 11.9. The molecule has 132 valence electrons. The van der Waals surface area contributed by atoms with Crippen LogP contribution in [0, 0.1) is 11.7 Å². The third kappa shape index (κ3) is 4.66. The highest BCUT2D eigenvalue weighted by atomic mass is 19.1. The van der Waals surface area contributed by atoms with Crippen LogP contribution < -0.4 is 4.74 Å². The van der Waals surface area contributed by atoms with Crippen LogP contribution in [0.5, 0.6) is 5.75 Å². The molecule has 2 aromatic rings. The molecule has 5 heteroatoms. The molecule has 0 heterocycles. The van der Waals surface area contributed by atoms with Crippen molar-refractivity contribution >= 4 is 11.7 Å². The standard InChI is InChI=1S/C20H23FN2O2/c1-14(2)19(22-13-15-9-11-16(21)12-10-15)23(3)20(24)17-7-5-6-8-18(17)25-4/h5-12,14H,13H2,1-4H3. The van der Waals surface area contributed by atoms with Crippen molar-refractivity contribution in [3.05, 3.63) is 65.5 Å². The maximum absolute atomic E-state index is 13.0. The lowest BCUT2D eigenvalue weighted by Crippen LogP contribution is -2.36. The number of amides is 1. The van der Waals surface area contributed by atoms with Crippen molar-refractivity contribution in [3.63, 3.8) is 0 Å². The van der Waals surface area contributed by atoms with Gasteiger partial charge >= 0.3 is 0 Å². The molecule has 0 saturated heterocycles. The number of nitrogens with zero attached hydrogens (tertiary/aromatic N) is 2. The molecule has 0 radical (unpaired) electrons. The molecule has 0 aromatic heterocycles. The summed E-state index contributed by atoms with van der Waals surface area (Å²) < 4.78 is 18.3. The maximum Gasteiger partial charge on any atom is 0.262 e. The van der Waals surface area contributed by atoms with Gasteiger partial charge < -0.3 is 4.74 Å². The van der Waals surface area contributed by atoms with Crippen LogP contribution in [-0.4, -0.2) is 30.8 Å². The van der Waals surface area contributed by atoms with Crippen LogP contribution in [0.1, 0.15) is 29.8 Å². The van der Waals surface area contributed by atoms with E-state index in [0.29, 0.717) is 23.7 Å². The van der Waals surface area contributed by atoms with E-state index in [1.54, 1.807) is 42.3 Å². The molecule has 0 aliphatic carbocycles. The molecule has 25 heavy (non-hydrogen) atoms. The van der Waals surface area contributed by atoms with Gasteiger partial charge in [0, 0.05) is 13.0 Å².